The summed E-state index contributed by atoms with van der Waals surface area (Å²) in [7, 11) is 0. The van der Waals surface area contributed by atoms with E-state index in [-0.39, 0.29) is 0 Å². The first-order valence-corrected chi connectivity index (χ1v) is 6.40. The maximum absolute atomic E-state index is 10.7. The molecule has 2 aromatic rings. The molecule has 0 aliphatic heterocycles. The molecular weight excluding hydrogens is 252 g/mol. The second-order valence-corrected chi connectivity index (χ2v) is 4.96. The van der Waals surface area contributed by atoms with Crippen molar-refractivity contribution in [3.63, 3.8) is 0 Å². The number of hydrogen-bond acceptors (Lipinski definition) is 5. The highest BCUT2D eigenvalue weighted by atomic mass is 32.2. The van der Waals surface area contributed by atoms with Gasteiger partial charge in [0.15, 0.2) is 5.82 Å². The summed E-state index contributed by atoms with van der Waals surface area (Å²) in [5.74, 6) is 0.257. The summed E-state index contributed by atoms with van der Waals surface area (Å²) in [6.45, 7) is 1.64. The molecule has 0 saturated carbocycles. The van der Waals surface area contributed by atoms with E-state index < -0.39 is 11.2 Å². The third-order valence-corrected chi connectivity index (χ3v) is 3.47. The fourth-order valence-electron chi connectivity index (χ4n) is 1.34. The molecule has 94 valence electrons. The van der Waals surface area contributed by atoms with Gasteiger partial charge in [-0.25, -0.2) is 0 Å². The third-order valence-electron chi connectivity index (χ3n) is 2.35. The number of nitrogens with zero attached hydrogens (tertiary/aromatic N) is 4. The van der Waals surface area contributed by atoms with E-state index in [2.05, 4.69) is 15.5 Å². The van der Waals surface area contributed by atoms with E-state index in [9.17, 15) is 4.79 Å². The lowest BCUT2D eigenvalue weighted by Gasteiger charge is -2.06. The van der Waals surface area contributed by atoms with Crippen molar-refractivity contribution < 1.29 is 9.90 Å². The Kier molecular flexibility index (Phi) is 3.93. The summed E-state index contributed by atoms with van der Waals surface area (Å²) in [6, 6.07) is 9.49. The van der Waals surface area contributed by atoms with Crippen molar-refractivity contribution in [1.29, 1.82) is 0 Å². The predicted molar refractivity (Wildman–Crippen MR) is 67.5 cm³/mol. The highest BCUT2D eigenvalue weighted by Gasteiger charge is 2.14. The highest BCUT2D eigenvalue weighted by molar-refractivity contribution is 7.99. The number of carbonyl (C=O) groups is 1. The number of tetrazole rings is 1. The van der Waals surface area contributed by atoms with Crippen LogP contribution in [0.15, 0.2) is 30.3 Å². The van der Waals surface area contributed by atoms with Crippen molar-refractivity contribution in [2.75, 3.05) is 0 Å². The monoisotopic (exact) mass is 264 g/mol. The smallest absolute Gasteiger partial charge is 0.316 e. The molecule has 0 radical (unpaired) electrons. The summed E-state index contributed by atoms with van der Waals surface area (Å²) in [5, 5.41) is 19.8. The number of aromatic nitrogens is 4. The summed E-state index contributed by atoms with van der Waals surface area (Å²) < 4.78 is 1.61. The topological polar surface area (TPSA) is 80.9 Å². The number of carboxylic acid groups (broad SMARTS) is 1. The lowest BCUT2D eigenvalue weighted by Crippen LogP contribution is -2.12. The predicted octanol–water partition coefficient (Wildman–Crippen LogP) is 1.37. The van der Waals surface area contributed by atoms with Crippen molar-refractivity contribution in [1.82, 2.24) is 20.2 Å². The zero-order valence-electron chi connectivity index (χ0n) is 9.72. The molecule has 7 heteroatoms. The zero-order valence-corrected chi connectivity index (χ0v) is 10.5. The van der Waals surface area contributed by atoms with Gasteiger partial charge in [0.25, 0.3) is 0 Å². The Morgan fingerprint density at radius 3 is 2.83 bits per heavy atom. The van der Waals surface area contributed by atoms with Gasteiger partial charge in [-0.05, 0) is 29.5 Å². The molecule has 0 aliphatic carbocycles. The summed E-state index contributed by atoms with van der Waals surface area (Å²) in [4.78, 5) is 10.7. The fourth-order valence-corrected chi connectivity index (χ4v) is 2.06. The Balaban J connectivity index is 2.12. The SMILES string of the molecule is CC(SCc1nnnn1-c1ccccc1)C(=O)O. The minimum Gasteiger partial charge on any atom is -0.480 e. The molecule has 2 rings (SSSR count). The van der Waals surface area contributed by atoms with Crippen LogP contribution in [-0.4, -0.2) is 36.5 Å². The van der Waals surface area contributed by atoms with Crippen molar-refractivity contribution in [3.05, 3.63) is 36.2 Å². The number of para-hydroxylation sites is 1. The molecule has 0 fully saturated rings. The Morgan fingerprint density at radius 2 is 2.17 bits per heavy atom. The van der Waals surface area contributed by atoms with Crippen LogP contribution in [0.4, 0.5) is 0 Å². The van der Waals surface area contributed by atoms with Crippen molar-refractivity contribution in [2.45, 2.75) is 17.9 Å². The van der Waals surface area contributed by atoms with Crippen LogP contribution < -0.4 is 0 Å². The zero-order chi connectivity index (χ0) is 13.0. The van der Waals surface area contributed by atoms with E-state index in [1.807, 2.05) is 30.3 Å². The molecule has 18 heavy (non-hydrogen) atoms. The number of thioether (sulfide) groups is 1. The first-order chi connectivity index (χ1) is 8.68. The van der Waals surface area contributed by atoms with Gasteiger partial charge in [0, 0.05) is 0 Å². The van der Waals surface area contributed by atoms with Crippen LogP contribution in [0.3, 0.4) is 0 Å². The van der Waals surface area contributed by atoms with Gasteiger partial charge in [0.2, 0.25) is 0 Å². The lowest BCUT2D eigenvalue weighted by molar-refractivity contribution is -0.136. The molecule has 1 unspecified atom stereocenters. The van der Waals surface area contributed by atoms with Crippen LogP contribution in [0.25, 0.3) is 5.69 Å². The van der Waals surface area contributed by atoms with Gasteiger partial charge in [-0.3, -0.25) is 4.79 Å². The van der Waals surface area contributed by atoms with Gasteiger partial charge in [-0.1, -0.05) is 18.2 Å². The molecule has 0 spiro atoms. The van der Waals surface area contributed by atoms with E-state index >= 15 is 0 Å². The van der Waals surface area contributed by atoms with Crippen LogP contribution in [0.5, 0.6) is 0 Å². The average Bonchev–Trinajstić information content (AvgIpc) is 2.85. The van der Waals surface area contributed by atoms with Gasteiger partial charge in [0.05, 0.1) is 16.7 Å². The van der Waals surface area contributed by atoms with Crippen LogP contribution in [0.1, 0.15) is 12.7 Å². The van der Waals surface area contributed by atoms with E-state index in [1.54, 1.807) is 11.6 Å². The highest BCUT2D eigenvalue weighted by Crippen LogP contribution is 2.17. The van der Waals surface area contributed by atoms with Crippen molar-refractivity contribution >= 4 is 17.7 Å². The molecule has 1 aromatic carbocycles. The van der Waals surface area contributed by atoms with Gasteiger partial charge in [-0.2, -0.15) is 4.68 Å². The second kappa shape index (κ2) is 5.63. The molecule has 0 saturated heterocycles. The van der Waals surface area contributed by atoms with Gasteiger partial charge < -0.3 is 5.11 Å². The minimum atomic E-state index is -0.835. The van der Waals surface area contributed by atoms with Crippen molar-refractivity contribution in [3.8, 4) is 5.69 Å². The first-order valence-electron chi connectivity index (χ1n) is 5.35. The quantitative estimate of drug-likeness (QED) is 0.878. The lowest BCUT2D eigenvalue weighted by atomic mass is 10.3. The van der Waals surface area contributed by atoms with Crippen LogP contribution >= 0.6 is 11.8 Å². The number of benzene rings is 1. The maximum Gasteiger partial charge on any atom is 0.316 e. The Labute approximate surface area is 108 Å². The maximum atomic E-state index is 10.7. The molecule has 6 nitrogen and oxygen atoms in total. The molecule has 0 amide bonds. The molecule has 0 bridgehead atoms. The van der Waals surface area contributed by atoms with Crippen LogP contribution in [-0.2, 0) is 10.5 Å². The first kappa shape index (κ1) is 12.6. The van der Waals surface area contributed by atoms with Crippen LogP contribution in [0, 0.1) is 0 Å². The Morgan fingerprint density at radius 1 is 1.44 bits per heavy atom. The number of hydrogen-bond donors (Lipinski definition) is 1. The second-order valence-electron chi connectivity index (χ2n) is 3.63. The van der Waals surface area contributed by atoms with E-state index in [1.165, 1.54) is 11.8 Å². The fraction of sp³-hybridized carbons (Fsp3) is 0.273. The summed E-state index contributed by atoms with van der Waals surface area (Å²) >= 11 is 1.29. The summed E-state index contributed by atoms with van der Waals surface area (Å²) in [6.07, 6.45) is 0. The van der Waals surface area contributed by atoms with Crippen molar-refractivity contribution in [2.24, 2.45) is 0 Å². The van der Waals surface area contributed by atoms with Gasteiger partial charge >= 0.3 is 5.97 Å². The molecule has 1 heterocycles. The molecular formula is C11H12N4O2S. The number of rotatable bonds is 5. The van der Waals surface area contributed by atoms with E-state index in [0.717, 1.165) is 5.69 Å². The Bertz CT molecular complexity index is 529. The average molecular weight is 264 g/mol. The largest absolute Gasteiger partial charge is 0.480 e. The van der Waals surface area contributed by atoms with E-state index in [4.69, 9.17) is 5.11 Å². The van der Waals surface area contributed by atoms with Gasteiger partial charge in [-0.15, -0.1) is 16.9 Å². The summed E-state index contributed by atoms with van der Waals surface area (Å²) in [5.41, 5.74) is 0.862. The van der Waals surface area contributed by atoms with E-state index in [0.29, 0.717) is 11.6 Å². The van der Waals surface area contributed by atoms with Gasteiger partial charge in [0.1, 0.15) is 0 Å². The van der Waals surface area contributed by atoms with Crippen LogP contribution in [0.2, 0.25) is 0 Å². The number of aliphatic carboxylic acids is 1. The number of carboxylic acids is 1. The molecule has 1 aromatic heterocycles. The normalized spacial score (nSPS) is 12.3. The standard InChI is InChI=1S/C11H12N4O2S/c1-8(11(16)17)18-7-10-12-13-14-15(10)9-5-3-2-4-6-9/h2-6,8H,7H2,1H3,(H,16,17). The molecule has 1 N–H and O–H groups in total. The molecule has 0 aliphatic rings. The molecule has 1 atom stereocenters. The minimum absolute atomic E-state index is 0.454. The third kappa shape index (κ3) is 2.86. The Hall–Kier alpha value is -1.89.